The average Bonchev–Trinajstić information content (AvgIpc) is 2.20. The van der Waals surface area contributed by atoms with Gasteiger partial charge in [-0.3, -0.25) is 0 Å². The van der Waals surface area contributed by atoms with E-state index in [0.717, 1.165) is 24.3 Å². The fraction of sp³-hybridized carbons (Fsp3) is 0.417. The Hall–Kier alpha value is -1.53. The number of rotatable bonds is 4. The first-order chi connectivity index (χ1) is 7.15. The number of nitriles is 1. The first-order valence-corrected chi connectivity index (χ1v) is 5.03. The van der Waals surface area contributed by atoms with Crippen LogP contribution in [0, 0.1) is 18.3 Å². The summed E-state index contributed by atoms with van der Waals surface area (Å²) < 4.78 is 0. The van der Waals surface area contributed by atoms with Crippen LogP contribution in [0.5, 0.6) is 0 Å². The number of hydrogen-bond donors (Lipinski definition) is 1. The molecule has 0 saturated carbocycles. The number of likely N-dealkylation sites (N-methyl/N-ethyl adjacent to an activating group) is 1. The SMILES string of the molecule is Cc1cccc(C#N)c1NCCN(C)C. The quantitative estimate of drug-likeness (QED) is 0.811. The average molecular weight is 203 g/mol. The Morgan fingerprint density at radius 3 is 2.73 bits per heavy atom. The molecule has 0 aliphatic rings. The van der Waals surface area contributed by atoms with E-state index in [-0.39, 0.29) is 0 Å². The van der Waals surface area contributed by atoms with Crippen LogP contribution in [0.1, 0.15) is 11.1 Å². The van der Waals surface area contributed by atoms with Crippen molar-refractivity contribution >= 4 is 5.69 Å². The maximum absolute atomic E-state index is 8.95. The molecular weight excluding hydrogens is 186 g/mol. The van der Waals surface area contributed by atoms with E-state index in [1.807, 2.05) is 39.2 Å². The Kier molecular flexibility index (Phi) is 4.14. The second kappa shape index (κ2) is 5.38. The van der Waals surface area contributed by atoms with Gasteiger partial charge in [0.25, 0.3) is 0 Å². The lowest BCUT2D eigenvalue weighted by atomic mass is 10.1. The van der Waals surface area contributed by atoms with E-state index in [1.54, 1.807) is 0 Å². The van der Waals surface area contributed by atoms with Crippen molar-refractivity contribution in [3.8, 4) is 6.07 Å². The van der Waals surface area contributed by atoms with Gasteiger partial charge in [0.2, 0.25) is 0 Å². The summed E-state index contributed by atoms with van der Waals surface area (Å²) in [5, 5.41) is 12.3. The van der Waals surface area contributed by atoms with Gasteiger partial charge in [-0.2, -0.15) is 5.26 Å². The lowest BCUT2D eigenvalue weighted by Gasteiger charge is -2.14. The van der Waals surface area contributed by atoms with E-state index in [0.29, 0.717) is 5.56 Å². The number of anilines is 1. The molecule has 1 N–H and O–H groups in total. The molecular formula is C12H17N3. The second-order valence-electron chi connectivity index (χ2n) is 3.84. The van der Waals surface area contributed by atoms with Crippen molar-refractivity contribution in [2.45, 2.75) is 6.92 Å². The van der Waals surface area contributed by atoms with Gasteiger partial charge in [0.15, 0.2) is 0 Å². The van der Waals surface area contributed by atoms with Crippen molar-refractivity contribution < 1.29 is 0 Å². The lowest BCUT2D eigenvalue weighted by molar-refractivity contribution is 0.425. The van der Waals surface area contributed by atoms with Crippen LogP contribution in [-0.2, 0) is 0 Å². The number of hydrogen-bond acceptors (Lipinski definition) is 3. The number of nitrogens with zero attached hydrogens (tertiary/aromatic N) is 2. The van der Waals surface area contributed by atoms with Crippen molar-refractivity contribution in [3.05, 3.63) is 29.3 Å². The van der Waals surface area contributed by atoms with E-state index in [2.05, 4.69) is 16.3 Å². The largest absolute Gasteiger partial charge is 0.382 e. The van der Waals surface area contributed by atoms with Crippen molar-refractivity contribution in [2.75, 3.05) is 32.5 Å². The molecule has 0 aromatic heterocycles. The lowest BCUT2D eigenvalue weighted by Crippen LogP contribution is -2.21. The zero-order valence-corrected chi connectivity index (χ0v) is 9.54. The number of aryl methyl sites for hydroxylation is 1. The summed E-state index contributed by atoms with van der Waals surface area (Å²) in [4.78, 5) is 2.11. The molecule has 0 atom stereocenters. The van der Waals surface area contributed by atoms with E-state index in [9.17, 15) is 0 Å². The fourth-order valence-corrected chi connectivity index (χ4v) is 1.40. The number of nitrogens with one attached hydrogen (secondary N) is 1. The molecule has 0 fully saturated rings. The van der Waals surface area contributed by atoms with Crippen LogP contribution >= 0.6 is 0 Å². The zero-order chi connectivity index (χ0) is 11.3. The molecule has 1 aromatic carbocycles. The highest BCUT2D eigenvalue weighted by Crippen LogP contribution is 2.18. The molecule has 15 heavy (non-hydrogen) atoms. The third-order valence-corrected chi connectivity index (χ3v) is 2.25. The van der Waals surface area contributed by atoms with Crippen molar-refractivity contribution in [3.63, 3.8) is 0 Å². The van der Waals surface area contributed by atoms with Crippen LogP contribution in [-0.4, -0.2) is 32.1 Å². The topological polar surface area (TPSA) is 39.1 Å². The predicted molar refractivity (Wildman–Crippen MR) is 62.9 cm³/mol. The van der Waals surface area contributed by atoms with Crippen LogP contribution in [0.25, 0.3) is 0 Å². The number of para-hydroxylation sites is 1. The van der Waals surface area contributed by atoms with Gasteiger partial charge in [-0.25, -0.2) is 0 Å². The van der Waals surface area contributed by atoms with Crippen molar-refractivity contribution in [1.82, 2.24) is 4.90 Å². The maximum Gasteiger partial charge on any atom is 0.101 e. The second-order valence-corrected chi connectivity index (χ2v) is 3.84. The maximum atomic E-state index is 8.95. The zero-order valence-electron chi connectivity index (χ0n) is 9.54. The minimum atomic E-state index is 0.716. The molecule has 0 heterocycles. The van der Waals surface area contributed by atoms with Gasteiger partial charge in [-0.1, -0.05) is 12.1 Å². The Morgan fingerprint density at radius 2 is 2.13 bits per heavy atom. The Bertz CT molecular complexity index is 364. The third kappa shape index (κ3) is 3.26. The van der Waals surface area contributed by atoms with Crippen LogP contribution in [0.2, 0.25) is 0 Å². The van der Waals surface area contributed by atoms with Gasteiger partial charge >= 0.3 is 0 Å². The summed E-state index contributed by atoms with van der Waals surface area (Å²) in [6.07, 6.45) is 0. The van der Waals surface area contributed by atoms with Gasteiger partial charge in [0.05, 0.1) is 11.3 Å². The summed E-state index contributed by atoms with van der Waals surface area (Å²) in [6, 6.07) is 7.96. The fourth-order valence-electron chi connectivity index (χ4n) is 1.40. The minimum Gasteiger partial charge on any atom is -0.382 e. The number of benzene rings is 1. The molecule has 1 aromatic rings. The van der Waals surface area contributed by atoms with Crippen molar-refractivity contribution in [1.29, 1.82) is 5.26 Å². The van der Waals surface area contributed by atoms with Crippen LogP contribution in [0.15, 0.2) is 18.2 Å². The Labute approximate surface area is 91.3 Å². The monoisotopic (exact) mass is 203 g/mol. The summed E-state index contributed by atoms with van der Waals surface area (Å²) >= 11 is 0. The molecule has 3 heteroatoms. The summed E-state index contributed by atoms with van der Waals surface area (Å²) in [7, 11) is 4.06. The molecule has 0 unspecified atom stereocenters. The highest BCUT2D eigenvalue weighted by Gasteiger charge is 2.03. The van der Waals surface area contributed by atoms with Crippen LogP contribution in [0.4, 0.5) is 5.69 Å². The minimum absolute atomic E-state index is 0.716. The normalized spacial score (nSPS) is 10.1. The van der Waals surface area contributed by atoms with Gasteiger partial charge in [-0.05, 0) is 32.6 Å². The molecule has 0 amide bonds. The standard InChI is InChI=1S/C12H17N3/c1-10-5-4-6-11(9-13)12(10)14-7-8-15(2)3/h4-6,14H,7-8H2,1-3H3. The van der Waals surface area contributed by atoms with Crippen LogP contribution in [0.3, 0.4) is 0 Å². The van der Waals surface area contributed by atoms with Crippen molar-refractivity contribution in [2.24, 2.45) is 0 Å². The van der Waals surface area contributed by atoms with Gasteiger partial charge < -0.3 is 10.2 Å². The van der Waals surface area contributed by atoms with Gasteiger partial charge in [-0.15, -0.1) is 0 Å². The molecule has 80 valence electrons. The summed E-state index contributed by atoms with van der Waals surface area (Å²) in [5.74, 6) is 0. The molecule has 0 aliphatic carbocycles. The molecule has 0 bridgehead atoms. The first-order valence-electron chi connectivity index (χ1n) is 5.03. The molecule has 1 rings (SSSR count). The third-order valence-electron chi connectivity index (χ3n) is 2.25. The van der Waals surface area contributed by atoms with Crippen LogP contribution < -0.4 is 5.32 Å². The summed E-state index contributed by atoms with van der Waals surface area (Å²) in [5.41, 5.74) is 2.79. The molecule has 0 spiro atoms. The summed E-state index contributed by atoms with van der Waals surface area (Å²) in [6.45, 7) is 3.82. The molecule has 0 radical (unpaired) electrons. The van der Waals surface area contributed by atoms with Gasteiger partial charge in [0.1, 0.15) is 6.07 Å². The molecule has 3 nitrogen and oxygen atoms in total. The smallest absolute Gasteiger partial charge is 0.101 e. The van der Waals surface area contributed by atoms with E-state index in [1.165, 1.54) is 0 Å². The molecule has 0 saturated heterocycles. The van der Waals surface area contributed by atoms with E-state index in [4.69, 9.17) is 5.26 Å². The van der Waals surface area contributed by atoms with E-state index < -0.39 is 0 Å². The Morgan fingerprint density at radius 1 is 1.40 bits per heavy atom. The Balaban J connectivity index is 2.71. The van der Waals surface area contributed by atoms with Gasteiger partial charge in [0, 0.05) is 13.1 Å². The highest BCUT2D eigenvalue weighted by atomic mass is 15.1. The highest BCUT2D eigenvalue weighted by molar-refractivity contribution is 5.62. The molecule has 0 aliphatic heterocycles. The first kappa shape index (κ1) is 11.5. The predicted octanol–water partition coefficient (Wildman–Crippen LogP) is 1.84. The van der Waals surface area contributed by atoms with E-state index >= 15 is 0 Å².